The third kappa shape index (κ3) is 4.10. The summed E-state index contributed by atoms with van der Waals surface area (Å²) in [6.07, 6.45) is -2.19. The molecule has 1 saturated heterocycles. The van der Waals surface area contributed by atoms with Crippen LogP contribution in [0.2, 0.25) is 0 Å². The van der Waals surface area contributed by atoms with Crippen molar-refractivity contribution in [2.75, 3.05) is 31.9 Å². The number of nitrogens with zero attached hydrogens (tertiary/aromatic N) is 1. The fourth-order valence-corrected chi connectivity index (χ4v) is 2.36. The first kappa shape index (κ1) is 15.6. The Morgan fingerprint density at radius 2 is 1.95 bits per heavy atom. The maximum atomic E-state index is 12.6. The molecule has 4 nitrogen and oxygen atoms in total. The minimum absolute atomic E-state index is 0.0432. The van der Waals surface area contributed by atoms with E-state index < -0.39 is 17.6 Å². The molecule has 1 fully saturated rings. The summed E-state index contributed by atoms with van der Waals surface area (Å²) in [5.74, 6) is -0.571. The summed E-state index contributed by atoms with van der Waals surface area (Å²) >= 11 is 0. The maximum absolute atomic E-state index is 12.6. The number of carbonyl (C=O) groups is 1. The van der Waals surface area contributed by atoms with E-state index in [0.717, 1.165) is 44.1 Å². The number of nitrogens with two attached hydrogens (primary N) is 1. The van der Waals surface area contributed by atoms with E-state index in [4.69, 9.17) is 5.73 Å². The molecule has 0 bridgehead atoms. The molecule has 1 aliphatic heterocycles. The molecule has 21 heavy (non-hydrogen) atoms. The summed E-state index contributed by atoms with van der Waals surface area (Å²) in [5.41, 5.74) is 4.63. The zero-order chi connectivity index (χ0) is 15.5. The van der Waals surface area contributed by atoms with Crippen molar-refractivity contribution >= 4 is 11.6 Å². The highest BCUT2D eigenvalue weighted by Gasteiger charge is 2.31. The largest absolute Gasteiger partial charge is 0.416 e. The number of likely N-dealkylation sites (tertiary alicyclic amines) is 1. The van der Waals surface area contributed by atoms with Crippen molar-refractivity contribution in [1.29, 1.82) is 0 Å². The highest BCUT2D eigenvalue weighted by molar-refractivity contribution is 5.99. The lowest BCUT2D eigenvalue weighted by molar-refractivity contribution is -0.137. The number of hydrogen-bond acceptors (Lipinski definition) is 3. The molecule has 0 spiro atoms. The van der Waals surface area contributed by atoms with Gasteiger partial charge in [-0.3, -0.25) is 4.79 Å². The lowest BCUT2D eigenvalue weighted by atomic mass is 10.1. The van der Waals surface area contributed by atoms with Gasteiger partial charge in [0.15, 0.2) is 0 Å². The molecular formula is C14H18F3N3O. The summed E-state index contributed by atoms with van der Waals surface area (Å²) in [6.45, 7) is 3.10. The van der Waals surface area contributed by atoms with Crippen LogP contribution in [0, 0.1) is 0 Å². The number of nitrogen functional groups attached to an aromatic ring is 1. The van der Waals surface area contributed by atoms with Crippen LogP contribution in [0.25, 0.3) is 0 Å². The standard InChI is InChI=1S/C14H18F3N3O/c15-14(16,17)10-3-4-12(18)11(9-10)13(21)19-5-8-20-6-1-2-7-20/h3-4,9H,1-2,5-8,18H2,(H,19,21). The van der Waals surface area contributed by atoms with Crippen molar-refractivity contribution in [3.05, 3.63) is 29.3 Å². The average molecular weight is 301 g/mol. The normalized spacial score (nSPS) is 16.1. The van der Waals surface area contributed by atoms with Crippen molar-refractivity contribution in [1.82, 2.24) is 10.2 Å². The van der Waals surface area contributed by atoms with Crippen molar-refractivity contribution in [3.63, 3.8) is 0 Å². The predicted molar refractivity (Wildman–Crippen MR) is 73.9 cm³/mol. The van der Waals surface area contributed by atoms with Gasteiger partial charge in [0, 0.05) is 18.8 Å². The van der Waals surface area contributed by atoms with Crippen LogP contribution in [0.3, 0.4) is 0 Å². The number of anilines is 1. The second-order valence-electron chi connectivity index (χ2n) is 5.10. The summed E-state index contributed by atoms with van der Waals surface area (Å²) in [4.78, 5) is 14.1. The Bertz CT molecular complexity index is 511. The number of amides is 1. The van der Waals surface area contributed by atoms with Crippen LogP contribution in [-0.4, -0.2) is 37.0 Å². The van der Waals surface area contributed by atoms with Crippen molar-refractivity contribution in [2.45, 2.75) is 19.0 Å². The van der Waals surface area contributed by atoms with Gasteiger partial charge in [0.05, 0.1) is 11.1 Å². The van der Waals surface area contributed by atoms with Crippen LogP contribution in [0.4, 0.5) is 18.9 Å². The van der Waals surface area contributed by atoms with Gasteiger partial charge in [0.2, 0.25) is 0 Å². The molecule has 0 atom stereocenters. The first-order valence-corrected chi connectivity index (χ1v) is 6.85. The second-order valence-corrected chi connectivity index (χ2v) is 5.10. The number of hydrogen-bond donors (Lipinski definition) is 2. The number of rotatable bonds is 4. The van der Waals surface area contributed by atoms with Gasteiger partial charge in [-0.05, 0) is 44.1 Å². The lowest BCUT2D eigenvalue weighted by Gasteiger charge is -2.15. The molecular weight excluding hydrogens is 283 g/mol. The summed E-state index contributed by atoms with van der Waals surface area (Å²) in [7, 11) is 0. The molecule has 1 aromatic rings. The number of alkyl halides is 3. The van der Waals surface area contributed by atoms with Crippen LogP contribution >= 0.6 is 0 Å². The lowest BCUT2D eigenvalue weighted by Crippen LogP contribution is -2.33. The van der Waals surface area contributed by atoms with Crippen LogP contribution in [0.5, 0.6) is 0 Å². The van der Waals surface area contributed by atoms with E-state index in [1.165, 1.54) is 0 Å². The van der Waals surface area contributed by atoms with Gasteiger partial charge in [-0.15, -0.1) is 0 Å². The molecule has 116 valence electrons. The minimum atomic E-state index is -4.49. The van der Waals surface area contributed by atoms with Gasteiger partial charge >= 0.3 is 6.18 Å². The van der Waals surface area contributed by atoms with E-state index in [1.807, 2.05) is 0 Å². The molecule has 3 N–H and O–H groups in total. The fraction of sp³-hybridized carbons (Fsp3) is 0.500. The molecule has 0 saturated carbocycles. The molecule has 0 unspecified atom stereocenters. The van der Waals surface area contributed by atoms with E-state index in [-0.39, 0.29) is 11.3 Å². The molecule has 1 heterocycles. The SMILES string of the molecule is Nc1ccc(C(F)(F)F)cc1C(=O)NCCN1CCCC1. The summed E-state index contributed by atoms with van der Waals surface area (Å²) in [5, 5.41) is 2.62. The van der Waals surface area contributed by atoms with E-state index in [2.05, 4.69) is 10.2 Å². The molecule has 0 aromatic heterocycles. The Hall–Kier alpha value is -1.76. The first-order chi connectivity index (χ1) is 9.88. The third-order valence-corrected chi connectivity index (χ3v) is 3.54. The minimum Gasteiger partial charge on any atom is -0.398 e. The van der Waals surface area contributed by atoms with Crippen molar-refractivity contribution in [3.8, 4) is 0 Å². The van der Waals surface area contributed by atoms with E-state index in [1.54, 1.807) is 0 Å². The maximum Gasteiger partial charge on any atom is 0.416 e. The van der Waals surface area contributed by atoms with Gasteiger partial charge in [-0.2, -0.15) is 13.2 Å². The van der Waals surface area contributed by atoms with E-state index in [0.29, 0.717) is 13.1 Å². The number of benzene rings is 1. The highest BCUT2D eigenvalue weighted by atomic mass is 19.4. The second kappa shape index (κ2) is 6.34. The van der Waals surface area contributed by atoms with Gasteiger partial charge < -0.3 is 16.0 Å². The first-order valence-electron chi connectivity index (χ1n) is 6.85. The van der Waals surface area contributed by atoms with Gasteiger partial charge in [0.1, 0.15) is 0 Å². The monoisotopic (exact) mass is 301 g/mol. The smallest absolute Gasteiger partial charge is 0.398 e. The Morgan fingerprint density at radius 3 is 2.57 bits per heavy atom. The van der Waals surface area contributed by atoms with E-state index >= 15 is 0 Å². The van der Waals surface area contributed by atoms with Crippen LogP contribution in [-0.2, 0) is 6.18 Å². The van der Waals surface area contributed by atoms with Crippen LogP contribution in [0.1, 0.15) is 28.8 Å². The zero-order valence-corrected chi connectivity index (χ0v) is 11.5. The molecule has 0 radical (unpaired) electrons. The third-order valence-electron chi connectivity index (χ3n) is 3.54. The average Bonchev–Trinajstić information content (AvgIpc) is 2.91. The molecule has 0 aliphatic carbocycles. The number of nitrogens with one attached hydrogen (secondary N) is 1. The molecule has 1 aromatic carbocycles. The molecule has 2 rings (SSSR count). The highest BCUT2D eigenvalue weighted by Crippen LogP contribution is 2.31. The molecule has 1 amide bonds. The Balaban J connectivity index is 1.97. The summed E-state index contributed by atoms with van der Waals surface area (Å²) < 4.78 is 37.9. The van der Waals surface area contributed by atoms with Gasteiger partial charge in [-0.1, -0.05) is 0 Å². The Kier molecular flexibility index (Phi) is 4.72. The summed E-state index contributed by atoms with van der Waals surface area (Å²) in [6, 6.07) is 2.77. The van der Waals surface area contributed by atoms with Crippen molar-refractivity contribution < 1.29 is 18.0 Å². The van der Waals surface area contributed by atoms with E-state index in [9.17, 15) is 18.0 Å². The Morgan fingerprint density at radius 1 is 1.29 bits per heavy atom. The van der Waals surface area contributed by atoms with Gasteiger partial charge in [-0.25, -0.2) is 0 Å². The number of carbonyl (C=O) groups excluding carboxylic acids is 1. The molecule has 7 heteroatoms. The zero-order valence-electron chi connectivity index (χ0n) is 11.5. The quantitative estimate of drug-likeness (QED) is 0.838. The topological polar surface area (TPSA) is 58.4 Å². The van der Waals surface area contributed by atoms with Crippen LogP contribution in [0.15, 0.2) is 18.2 Å². The van der Waals surface area contributed by atoms with Crippen molar-refractivity contribution in [2.24, 2.45) is 0 Å². The fourth-order valence-electron chi connectivity index (χ4n) is 2.36. The number of halogens is 3. The Labute approximate surface area is 121 Å². The molecule has 1 aliphatic rings. The predicted octanol–water partition coefficient (Wildman–Crippen LogP) is 2.11. The van der Waals surface area contributed by atoms with Gasteiger partial charge in [0.25, 0.3) is 5.91 Å². The van der Waals surface area contributed by atoms with Crippen LogP contribution < -0.4 is 11.1 Å².